The van der Waals surface area contributed by atoms with E-state index in [1.54, 1.807) is 6.92 Å². The van der Waals surface area contributed by atoms with Crippen molar-refractivity contribution in [2.45, 2.75) is 71.1 Å². The van der Waals surface area contributed by atoms with E-state index in [0.29, 0.717) is 11.3 Å². The van der Waals surface area contributed by atoms with Crippen molar-refractivity contribution in [3.8, 4) is 0 Å². The third-order valence-electron chi connectivity index (χ3n) is 4.64. The van der Waals surface area contributed by atoms with Crippen LogP contribution in [-0.4, -0.2) is 5.91 Å². The van der Waals surface area contributed by atoms with Gasteiger partial charge in [0.2, 0.25) is 5.91 Å². The maximum Gasteiger partial charge on any atom is 0.221 e. The van der Waals surface area contributed by atoms with Gasteiger partial charge < -0.3 is 5.32 Å². The highest BCUT2D eigenvalue weighted by atomic mass is 16.1. The summed E-state index contributed by atoms with van der Waals surface area (Å²) in [6.07, 6.45) is 6.16. The third-order valence-corrected chi connectivity index (χ3v) is 4.64. The molecule has 1 aromatic carbocycles. The maximum absolute atomic E-state index is 11.4. The molecule has 0 heterocycles. The van der Waals surface area contributed by atoms with E-state index in [1.165, 1.54) is 43.2 Å². The Balaban J connectivity index is 2.49. The summed E-state index contributed by atoms with van der Waals surface area (Å²) in [5, 5.41) is 3.02. The van der Waals surface area contributed by atoms with Crippen LogP contribution in [0, 0.1) is 0 Å². The molecular formula is C18H27NO. The van der Waals surface area contributed by atoms with E-state index in [4.69, 9.17) is 0 Å². The second kappa shape index (κ2) is 5.99. The van der Waals surface area contributed by atoms with Crippen LogP contribution in [0.15, 0.2) is 18.2 Å². The first-order valence-electron chi connectivity index (χ1n) is 7.95. The van der Waals surface area contributed by atoms with Gasteiger partial charge in [-0.25, -0.2) is 0 Å². The van der Waals surface area contributed by atoms with Crippen LogP contribution in [0.2, 0.25) is 0 Å². The van der Waals surface area contributed by atoms with E-state index in [0.717, 1.165) is 5.69 Å². The number of fused-ring (bicyclic) bond motifs is 1. The van der Waals surface area contributed by atoms with Gasteiger partial charge >= 0.3 is 0 Å². The highest BCUT2D eigenvalue weighted by molar-refractivity contribution is 5.90. The highest BCUT2D eigenvalue weighted by Crippen LogP contribution is 2.53. The Morgan fingerprint density at radius 2 is 1.95 bits per heavy atom. The summed E-state index contributed by atoms with van der Waals surface area (Å²) >= 11 is 0. The van der Waals surface area contributed by atoms with Crippen LogP contribution < -0.4 is 5.32 Å². The van der Waals surface area contributed by atoms with Crippen molar-refractivity contribution >= 4 is 11.6 Å². The van der Waals surface area contributed by atoms with Gasteiger partial charge in [-0.3, -0.25) is 4.79 Å². The predicted molar refractivity (Wildman–Crippen MR) is 85.3 cm³/mol. The Labute approximate surface area is 123 Å². The molecule has 0 radical (unpaired) electrons. The molecule has 110 valence electrons. The summed E-state index contributed by atoms with van der Waals surface area (Å²) in [6.45, 7) is 8.44. The Kier molecular flexibility index (Phi) is 4.52. The number of nitrogens with one attached hydrogen (secondary N) is 1. The van der Waals surface area contributed by atoms with Crippen LogP contribution in [0.5, 0.6) is 0 Å². The van der Waals surface area contributed by atoms with Crippen molar-refractivity contribution < 1.29 is 4.79 Å². The van der Waals surface area contributed by atoms with Crippen LogP contribution in [-0.2, 0) is 10.2 Å². The van der Waals surface area contributed by atoms with Gasteiger partial charge in [-0.1, -0.05) is 45.7 Å². The van der Waals surface area contributed by atoms with Gasteiger partial charge in [0.25, 0.3) is 0 Å². The number of carbonyl (C=O) groups is 1. The molecule has 1 amide bonds. The number of carbonyl (C=O) groups excluding carboxylic acids is 1. The number of rotatable bonds is 5. The molecule has 0 fully saturated rings. The molecule has 0 aliphatic heterocycles. The molecular weight excluding hydrogens is 246 g/mol. The third kappa shape index (κ3) is 2.61. The zero-order valence-electron chi connectivity index (χ0n) is 13.3. The first kappa shape index (κ1) is 15.1. The number of hydrogen-bond acceptors (Lipinski definition) is 1. The molecule has 0 aromatic heterocycles. The lowest BCUT2D eigenvalue weighted by Crippen LogP contribution is -2.22. The standard InChI is InChI=1S/C18H27NO/c1-5-10-18(11-6-2)12-13(3)17-15(18)8-7-9-16(17)19-14(4)20/h7-9,13H,5-6,10-12H2,1-4H3,(H,19,20). The first-order valence-corrected chi connectivity index (χ1v) is 7.95. The van der Waals surface area contributed by atoms with Gasteiger partial charge in [-0.05, 0) is 47.8 Å². The SMILES string of the molecule is CCCC1(CCC)CC(C)c2c(NC(C)=O)cccc21. The van der Waals surface area contributed by atoms with E-state index in [1.807, 2.05) is 6.07 Å². The van der Waals surface area contributed by atoms with E-state index < -0.39 is 0 Å². The molecule has 1 aliphatic carbocycles. The number of amides is 1. The number of hydrogen-bond donors (Lipinski definition) is 1. The monoisotopic (exact) mass is 273 g/mol. The topological polar surface area (TPSA) is 29.1 Å². The van der Waals surface area contributed by atoms with Crippen LogP contribution in [0.3, 0.4) is 0 Å². The molecule has 2 rings (SSSR count). The Morgan fingerprint density at radius 1 is 1.30 bits per heavy atom. The molecule has 1 atom stereocenters. The normalized spacial score (nSPS) is 19.7. The minimum Gasteiger partial charge on any atom is -0.326 e. The fourth-order valence-corrected chi connectivity index (χ4v) is 4.21. The summed E-state index contributed by atoms with van der Waals surface area (Å²) in [5.41, 5.74) is 4.22. The van der Waals surface area contributed by atoms with Gasteiger partial charge in [0.05, 0.1) is 0 Å². The Bertz CT molecular complexity index is 486. The molecule has 0 saturated carbocycles. The molecule has 0 spiro atoms. The van der Waals surface area contributed by atoms with Gasteiger partial charge in [0.15, 0.2) is 0 Å². The van der Waals surface area contributed by atoms with E-state index in [2.05, 4.69) is 38.2 Å². The highest BCUT2D eigenvalue weighted by Gasteiger charge is 2.41. The summed E-state index contributed by atoms with van der Waals surface area (Å²) in [4.78, 5) is 11.4. The van der Waals surface area contributed by atoms with Gasteiger partial charge in [-0.15, -0.1) is 0 Å². The average Bonchev–Trinajstić information content (AvgIpc) is 2.64. The zero-order valence-corrected chi connectivity index (χ0v) is 13.3. The van der Waals surface area contributed by atoms with Crippen molar-refractivity contribution in [2.75, 3.05) is 5.32 Å². The van der Waals surface area contributed by atoms with Crippen LogP contribution in [0.1, 0.15) is 76.8 Å². The minimum atomic E-state index is 0.0223. The van der Waals surface area contributed by atoms with Crippen molar-refractivity contribution in [3.63, 3.8) is 0 Å². The molecule has 0 bridgehead atoms. The molecule has 20 heavy (non-hydrogen) atoms. The van der Waals surface area contributed by atoms with Gasteiger partial charge in [-0.2, -0.15) is 0 Å². The fraction of sp³-hybridized carbons (Fsp3) is 0.611. The summed E-state index contributed by atoms with van der Waals surface area (Å²) in [5.74, 6) is 0.556. The largest absolute Gasteiger partial charge is 0.326 e. The lowest BCUT2D eigenvalue weighted by atomic mass is 9.74. The number of benzene rings is 1. The zero-order chi connectivity index (χ0) is 14.8. The molecule has 1 N–H and O–H groups in total. The maximum atomic E-state index is 11.4. The lowest BCUT2D eigenvalue weighted by molar-refractivity contribution is -0.114. The van der Waals surface area contributed by atoms with Crippen molar-refractivity contribution in [1.82, 2.24) is 0 Å². The van der Waals surface area contributed by atoms with Crippen LogP contribution in [0.4, 0.5) is 5.69 Å². The van der Waals surface area contributed by atoms with Crippen molar-refractivity contribution in [2.24, 2.45) is 0 Å². The molecule has 2 nitrogen and oxygen atoms in total. The minimum absolute atomic E-state index is 0.0223. The van der Waals surface area contributed by atoms with Crippen molar-refractivity contribution in [1.29, 1.82) is 0 Å². The average molecular weight is 273 g/mol. The summed E-state index contributed by atoms with van der Waals surface area (Å²) in [7, 11) is 0. The second-order valence-electron chi connectivity index (χ2n) is 6.33. The first-order chi connectivity index (χ1) is 9.54. The lowest BCUT2D eigenvalue weighted by Gasteiger charge is -2.30. The van der Waals surface area contributed by atoms with E-state index >= 15 is 0 Å². The van der Waals surface area contributed by atoms with Crippen LogP contribution >= 0.6 is 0 Å². The summed E-state index contributed by atoms with van der Waals surface area (Å²) in [6, 6.07) is 6.43. The van der Waals surface area contributed by atoms with Crippen molar-refractivity contribution in [3.05, 3.63) is 29.3 Å². The van der Waals surface area contributed by atoms with Crippen LogP contribution in [0.25, 0.3) is 0 Å². The Morgan fingerprint density at radius 3 is 2.50 bits per heavy atom. The van der Waals surface area contributed by atoms with E-state index in [-0.39, 0.29) is 5.91 Å². The van der Waals surface area contributed by atoms with E-state index in [9.17, 15) is 4.79 Å². The predicted octanol–water partition coefficient (Wildman–Crippen LogP) is 4.99. The fourth-order valence-electron chi connectivity index (χ4n) is 4.21. The summed E-state index contributed by atoms with van der Waals surface area (Å²) < 4.78 is 0. The smallest absolute Gasteiger partial charge is 0.221 e. The quantitative estimate of drug-likeness (QED) is 0.804. The number of anilines is 1. The molecule has 1 aliphatic rings. The van der Waals surface area contributed by atoms with Gasteiger partial charge in [0.1, 0.15) is 0 Å². The molecule has 1 unspecified atom stereocenters. The molecule has 1 aromatic rings. The van der Waals surface area contributed by atoms with Gasteiger partial charge in [0, 0.05) is 12.6 Å². The Hall–Kier alpha value is -1.31. The second-order valence-corrected chi connectivity index (χ2v) is 6.33. The molecule has 0 saturated heterocycles. The molecule has 2 heteroatoms.